The van der Waals surface area contributed by atoms with Crippen molar-refractivity contribution in [3.05, 3.63) is 46.3 Å². The first kappa shape index (κ1) is 14.1. The van der Waals surface area contributed by atoms with Gasteiger partial charge in [0.2, 0.25) is 0 Å². The SMILES string of the molecule is O=C(Nc1cc(Cl)cc(Cl)c1)c1cnc(NC2CC2)cn1. The minimum Gasteiger partial charge on any atom is -0.366 e. The normalized spacial score (nSPS) is 13.8. The van der Waals surface area contributed by atoms with Crippen molar-refractivity contribution in [2.24, 2.45) is 0 Å². The average molecular weight is 323 g/mol. The lowest BCUT2D eigenvalue weighted by Gasteiger charge is -2.07. The van der Waals surface area contributed by atoms with Crippen LogP contribution in [0, 0.1) is 0 Å². The molecule has 0 spiro atoms. The number of anilines is 2. The molecule has 0 atom stereocenters. The van der Waals surface area contributed by atoms with Crippen LogP contribution in [0.5, 0.6) is 0 Å². The Kier molecular flexibility index (Phi) is 3.94. The minimum absolute atomic E-state index is 0.229. The first-order valence-electron chi connectivity index (χ1n) is 6.46. The highest BCUT2D eigenvalue weighted by molar-refractivity contribution is 6.35. The lowest BCUT2D eigenvalue weighted by atomic mass is 10.3. The second-order valence-electron chi connectivity index (χ2n) is 4.82. The van der Waals surface area contributed by atoms with Gasteiger partial charge in [-0.05, 0) is 31.0 Å². The second-order valence-corrected chi connectivity index (χ2v) is 5.69. The molecule has 0 bridgehead atoms. The number of hydrogen-bond donors (Lipinski definition) is 2. The van der Waals surface area contributed by atoms with Crippen LogP contribution in [0.1, 0.15) is 23.3 Å². The van der Waals surface area contributed by atoms with Crippen molar-refractivity contribution in [1.82, 2.24) is 9.97 Å². The highest BCUT2D eigenvalue weighted by atomic mass is 35.5. The number of carbonyl (C=O) groups excluding carboxylic acids is 1. The van der Waals surface area contributed by atoms with E-state index in [9.17, 15) is 4.79 Å². The van der Waals surface area contributed by atoms with E-state index >= 15 is 0 Å². The minimum atomic E-state index is -0.362. The molecule has 5 nitrogen and oxygen atoms in total. The Morgan fingerprint density at radius 2 is 1.81 bits per heavy atom. The molecule has 1 saturated carbocycles. The number of amides is 1. The smallest absolute Gasteiger partial charge is 0.275 e. The van der Waals surface area contributed by atoms with Gasteiger partial charge >= 0.3 is 0 Å². The summed E-state index contributed by atoms with van der Waals surface area (Å²) in [6, 6.07) is 5.31. The number of carbonyl (C=O) groups is 1. The van der Waals surface area contributed by atoms with Gasteiger partial charge in [0.25, 0.3) is 5.91 Å². The Hall–Kier alpha value is -1.85. The van der Waals surface area contributed by atoms with Crippen LogP contribution < -0.4 is 10.6 Å². The van der Waals surface area contributed by atoms with Crippen LogP contribution in [-0.2, 0) is 0 Å². The number of nitrogens with one attached hydrogen (secondary N) is 2. The highest BCUT2D eigenvalue weighted by Crippen LogP contribution is 2.24. The molecule has 1 amide bonds. The van der Waals surface area contributed by atoms with Gasteiger partial charge in [0.05, 0.1) is 12.4 Å². The van der Waals surface area contributed by atoms with Gasteiger partial charge in [-0.25, -0.2) is 9.97 Å². The quantitative estimate of drug-likeness (QED) is 0.902. The lowest BCUT2D eigenvalue weighted by molar-refractivity contribution is 0.102. The predicted molar refractivity (Wildman–Crippen MR) is 83.1 cm³/mol. The van der Waals surface area contributed by atoms with E-state index in [2.05, 4.69) is 20.6 Å². The highest BCUT2D eigenvalue weighted by Gasteiger charge is 2.21. The zero-order valence-corrected chi connectivity index (χ0v) is 12.4. The van der Waals surface area contributed by atoms with Gasteiger partial charge in [-0.3, -0.25) is 4.79 Å². The standard InChI is InChI=1S/C14H12Cl2N4O/c15-8-3-9(16)5-11(4-8)20-14(21)12-6-18-13(7-17-12)19-10-1-2-10/h3-7,10H,1-2H2,(H,18,19)(H,20,21). The van der Waals surface area contributed by atoms with Crippen LogP contribution in [-0.4, -0.2) is 21.9 Å². The number of halogens is 2. The molecular weight excluding hydrogens is 311 g/mol. The van der Waals surface area contributed by atoms with E-state index in [1.54, 1.807) is 24.4 Å². The summed E-state index contributed by atoms with van der Waals surface area (Å²) in [4.78, 5) is 20.3. The van der Waals surface area contributed by atoms with E-state index in [0.717, 1.165) is 12.8 Å². The summed E-state index contributed by atoms with van der Waals surface area (Å²) < 4.78 is 0. The van der Waals surface area contributed by atoms with Crippen LogP contribution in [0.25, 0.3) is 0 Å². The summed E-state index contributed by atoms with van der Waals surface area (Å²) >= 11 is 11.8. The number of hydrogen-bond acceptors (Lipinski definition) is 4. The van der Waals surface area contributed by atoms with Crippen molar-refractivity contribution in [3.63, 3.8) is 0 Å². The molecule has 21 heavy (non-hydrogen) atoms. The second kappa shape index (κ2) is 5.87. The van der Waals surface area contributed by atoms with Gasteiger partial charge in [0.15, 0.2) is 0 Å². The van der Waals surface area contributed by atoms with Crippen LogP contribution >= 0.6 is 23.2 Å². The summed E-state index contributed by atoms with van der Waals surface area (Å²) in [6.45, 7) is 0. The third-order valence-corrected chi connectivity index (χ3v) is 3.37. The number of benzene rings is 1. The molecule has 2 N–H and O–H groups in total. The molecule has 1 aromatic heterocycles. The summed E-state index contributed by atoms with van der Waals surface area (Å²) in [5.41, 5.74) is 0.743. The van der Waals surface area contributed by atoms with E-state index in [1.807, 2.05) is 0 Å². The van der Waals surface area contributed by atoms with Gasteiger partial charge in [-0.1, -0.05) is 23.2 Å². The number of aromatic nitrogens is 2. The van der Waals surface area contributed by atoms with Gasteiger partial charge in [0, 0.05) is 21.8 Å². The first-order chi connectivity index (χ1) is 10.1. The van der Waals surface area contributed by atoms with Crippen molar-refractivity contribution >= 4 is 40.6 Å². The summed E-state index contributed by atoms with van der Waals surface area (Å²) in [6.07, 6.45) is 5.29. The van der Waals surface area contributed by atoms with Gasteiger partial charge < -0.3 is 10.6 Å². The van der Waals surface area contributed by atoms with Crippen molar-refractivity contribution in [2.45, 2.75) is 18.9 Å². The molecule has 1 heterocycles. The molecule has 2 aromatic rings. The van der Waals surface area contributed by atoms with Crippen molar-refractivity contribution in [2.75, 3.05) is 10.6 Å². The third-order valence-electron chi connectivity index (χ3n) is 2.93. The maximum atomic E-state index is 12.1. The molecular formula is C14H12Cl2N4O. The topological polar surface area (TPSA) is 66.9 Å². The van der Waals surface area contributed by atoms with E-state index in [-0.39, 0.29) is 11.6 Å². The fourth-order valence-corrected chi connectivity index (χ4v) is 2.30. The van der Waals surface area contributed by atoms with E-state index in [1.165, 1.54) is 6.20 Å². The number of rotatable bonds is 4. The lowest BCUT2D eigenvalue weighted by Crippen LogP contribution is -2.14. The van der Waals surface area contributed by atoms with Crippen LogP contribution in [0.2, 0.25) is 10.0 Å². The zero-order valence-electron chi connectivity index (χ0n) is 10.9. The fourth-order valence-electron chi connectivity index (χ4n) is 1.78. The fraction of sp³-hybridized carbons (Fsp3) is 0.214. The molecule has 0 unspecified atom stereocenters. The Labute approximate surface area is 131 Å². The number of nitrogens with zero attached hydrogens (tertiary/aromatic N) is 2. The van der Waals surface area contributed by atoms with Crippen LogP contribution in [0.4, 0.5) is 11.5 Å². The molecule has 0 radical (unpaired) electrons. The molecule has 3 rings (SSSR count). The monoisotopic (exact) mass is 322 g/mol. The largest absolute Gasteiger partial charge is 0.366 e. The van der Waals surface area contributed by atoms with Gasteiger partial charge in [-0.2, -0.15) is 0 Å². The Balaban J connectivity index is 1.69. The summed E-state index contributed by atoms with van der Waals surface area (Å²) in [5, 5.41) is 6.79. The van der Waals surface area contributed by atoms with Gasteiger partial charge in [-0.15, -0.1) is 0 Å². The Morgan fingerprint density at radius 3 is 2.38 bits per heavy atom. The Bertz CT molecular complexity index is 651. The van der Waals surface area contributed by atoms with Gasteiger partial charge in [0.1, 0.15) is 11.5 Å². The summed E-state index contributed by atoms with van der Waals surface area (Å²) in [5.74, 6) is 0.318. The van der Waals surface area contributed by atoms with Crippen LogP contribution in [0.15, 0.2) is 30.6 Å². The zero-order chi connectivity index (χ0) is 14.8. The predicted octanol–water partition coefficient (Wildman–Crippen LogP) is 3.61. The van der Waals surface area contributed by atoms with Crippen molar-refractivity contribution < 1.29 is 4.79 Å². The Morgan fingerprint density at radius 1 is 1.10 bits per heavy atom. The van der Waals surface area contributed by atoms with Crippen molar-refractivity contribution in [1.29, 1.82) is 0 Å². The molecule has 1 fully saturated rings. The average Bonchev–Trinajstić information content (AvgIpc) is 3.22. The summed E-state index contributed by atoms with van der Waals surface area (Å²) in [7, 11) is 0. The first-order valence-corrected chi connectivity index (χ1v) is 7.22. The van der Waals surface area contributed by atoms with E-state index < -0.39 is 0 Å². The van der Waals surface area contributed by atoms with E-state index in [4.69, 9.17) is 23.2 Å². The van der Waals surface area contributed by atoms with Crippen LogP contribution in [0.3, 0.4) is 0 Å². The van der Waals surface area contributed by atoms with E-state index in [0.29, 0.717) is 27.6 Å². The molecule has 0 aliphatic heterocycles. The maximum Gasteiger partial charge on any atom is 0.275 e. The molecule has 0 saturated heterocycles. The molecule has 108 valence electrons. The molecule has 1 aromatic carbocycles. The molecule has 1 aliphatic carbocycles. The molecule has 1 aliphatic rings. The maximum absolute atomic E-state index is 12.1. The van der Waals surface area contributed by atoms with Crippen molar-refractivity contribution in [3.8, 4) is 0 Å². The third kappa shape index (κ3) is 3.83. The molecule has 7 heteroatoms.